The van der Waals surface area contributed by atoms with Crippen LogP contribution in [-0.2, 0) is 0 Å². The Kier molecular flexibility index (Phi) is 7.09. The van der Waals surface area contributed by atoms with Crippen molar-refractivity contribution in [2.45, 2.75) is 0 Å². The van der Waals surface area contributed by atoms with E-state index in [0.717, 1.165) is 94.7 Å². The van der Waals surface area contributed by atoms with Crippen LogP contribution in [0.2, 0.25) is 0 Å². The van der Waals surface area contributed by atoms with Crippen LogP contribution in [0.4, 0.5) is 17.1 Å². The van der Waals surface area contributed by atoms with Crippen LogP contribution in [0.25, 0.3) is 83.6 Å². The molecule has 0 radical (unpaired) electrons. The van der Waals surface area contributed by atoms with Crippen molar-refractivity contribution >= 4 is 60.8 Å². The highest BCUT2D eigenvalue weighted by Crippen LogP contribution is 2.52. The minimum absolute atomic E-state index is 0.552. The molecule has 7 heteroatoms. The fraction of sp³-hybridized carbons (Fsp3) is 0. The molecule has 4 heterocycles. The number of hydrogen-bond donors (Lipinski definition) is 0. The minimum atomic E-state index is 0.552. The summed E-state index contributed by atoms with van der Waals surface area (Å²) in [4.78, 5) is 17.2. The number of fused-ring (bicyclic) bond motifs is 8. The largest absolute Gasteiger partial charge is 0.455 e. The predicted molar refractivity (Wildman–Crippen MR) is 233 cm³/mol. The molecule has 0 aliphatic carbocycles. The summed E-state index contributed by atoms with van der Waals surface area (Å²) in [6.07, 6.45) is 0. The zero-order valence-corrected chi connectivity index (χ0v) is 31.0. The smallest absolute Gasteiger partial charge is 0.167 e. The topological polar surface area (TPSA) is 69.2 Å². The first-order valence-corrected chi connectivity index (χ1v) is 19.3. The Balaban J connectivity index is 1.05. The van der Waals surface area contributed by atoms with Gasteiger partial charge >= 0.3 is 0 Å². The second-order valence-corrected chi connectivity index (χ2v) is 14.4. The first-order chi connectivity index (χ1) is 28.7. The number of hydrogen-bond acceptors (Lipinski definition) is 6. The van der Waals surface area contributed by atoms with Crippen molar-refractivity contribution in [1.82, 2.24) is 19.5 Å². The average Bonchev–Trinajstić information content (AvgIpc) is 3.83. The second-order valence-electron chi connectivity index (χ2n) is 14.4. The first kappa shape index (κ1) is 32.2. The number of aromatic nitrogens is 4. The Morgan fingerprint density at radius 2 is 1.05 bits per heavy atom. The van der Waals surface area contributed by atoms with E-state index in [1.807, 2.05) is 84.9 Å². The number of benzene rings is 8. The van der Waals surface area contributed by atoms with E-state index in [-0.39, 0.29) is 0 Å². The summed E-state index contributed by atoms with van der Waals surface area (Å²) in [6, 6.07) is 64.4. The number of anilines is 3. The Labute approximate surface area is 332 Å². The molecule has 11 aromatic rings. The van der Waals surface area contributed by atoms with E-state index < -0.39 is 0 Å². The summed E-state index contributed by atoms with van der Waals surface area (Å²) < 4.78 is 15.7. The first-order valence-electron chi connectivity index (χ1n) is 19.3. The Hall–Kier alpha value is -8.03. The molecular weight excluding hydrogens is 715 g/mol. The van der Waals surface area contributed by atoms with Crippen LogP contribution in [0.3, 0.4) is 0 Å². The maximum absolute atomic E-state index is 6.71. The lowest BCUT2D eigenvalue weighted by molar-refractivity contribution is 0.478. The number of para-hydroxylation sites is 5. The van der Waals surface area contributed by atoms with Crippen molar-refractivity contribution in [1.29, 1.82) is 0 Å². The maximum atomic E-state index is 6.71. The molecule has 0 N–H and O–H groups in total. The van der Waals surface area contributed by atoms with Gasteiger partial charge in [0, 0.05) is 44.0 Å². The van der Waals surface area contributed by atoms with Crippen molar-refractivity contribution in [2.24, 2.45) is 0 Å². The van der Waals surface area contributed by atoms with Gasteiger partial charge in [-0.15, -0.1) is 0 Å². The molecule has 12 rings (SSSR count). The van der Waals surface area contributed by atoms with Crippen LogP contribution in [-0.4, -0.2) is 19.5 Å². The van der Waals surface area contributed by atoms with Crippen LogP contribution < -0.4 is 9.64 Å². The van der Waals surface area contributed by atoms with Gasteiger partial charge in [0.15, 0.2) is 29.0 Å². The maximum Gasteiger partial charge on any atom is 0.167 e. The fourth-order valence-electron chi connectivity index (χ4n) is 8.38. The fourth-order valence-corrected chi connectivity index (χ4v) is 8.38. The molecule has 1 aliphatic heterocycles. The third kappa shape index (κ3) is 5.04. The van der Waals surface area contributed by atoms with E-state index in [2.05, 4.69) is 113 Å². The van der Waals surface area contributed by atoms with Crippen molar-refractivity contribution in [3.8, 4) is 51.3 Å². The molecular formula is C51H31N5O2. The zero-order chi connectivity index (χ0) is 38.2. The van der Waals surface area contributed by atoms with Gasteiger partial charge in [-0.05, 0) is 66.7 Å². The van der Waals surface area contributed by atoms with Crippen LogP contribution >= 0.6 is 0 Å². The van der Waals surface area contributed by atoms with Gasteiger partial charge in [0.2, 0.25) is 0 Å². The lowest BCUT2D eigenvalue weighted by Gasteiger charge is -2.33. The third-order valence-electron chi connectivity index (χ3n) is 11.0. The molecule has 0 fully saturated rings. The third-order valence-corrected chi connectivity index (χ3v) is 11.0. The van der Waals surface area contributed by atoms with E-state index in [1.165, 1.54) is 0 Å². The predicted octanol–water partition coefficient (Wildman–Crippen LogP) is 13.4. The lowest BCUT2D eigenvalue weighted by Crippen LogP contribution is -2.15. The number of rotatable bonds is 5. The molecule has 0 saturated heterocycles. The number of ether oxygens (including phenoxy) is 1. The van der Waals surface area contributed by atoms with Gasteiger partial charge in [0.25, 0.3) is 0 Å². The van der Waals surface area contributed by atoms with Gasteiger partial charge in [0.1, 0.15) is 11.2 Å². The lowest BCUT2D eigenvalue weighted by atomic mass is 10.1. The summed E-state index contributed by atoms with van der Waals surface area (Å²) in [5.41, 5.74) is 10.4. The van der Waals surface area contributed by atoms with E-state index in [4.69, 9.17) is 24.1 Å². The monoisotopic (exact) mass is 745 g/mol. The Morgan fingerprint density at radius 1 is 0.397 bits per heavy atom. The molecule has 0 bridgehead atoms. The van der Waals surface area contributed by atoms with Gasteiger partial charge in [-0.3, -0.25) is 0 Å². The summed E-state index contributed by atoms with van der Waals surface area (Å²) in [6.45, 7) is 0. The van der Waals surface area contributed by atoms with E-state index in [9.17, 15) is 0 Å². The number of nitrogens with zero attached hydrogens (tertiary/aromatic N) is 5. The minimum Gasteiger partial charge on any atom is -0.455 e. The standard InChI is InChI=1S/C51H31N5O2/c1-4-15-32(16-5-1)49-52-50(33-17-6-2-7-18-33)54-51(53-49)38-23-14-22-37-40-29-35(27-28-45(40)58-48(37)38)56-41-24-11-10-21-36(41)39-30-47-44(31-43(39)56)55(34-19-8-3-9-20-34)42-25-12-13-26-46(42)57-47/h1-31H. The van der Waals surface area contributed by atoms with Crippen molar-refractivity contribution in [3.05, 3.63) is 188 Å². The van der Waals surface area contributed by atoms with E-state index in [1.54, 1.807) is 0 Å². The highest BCUT2D eigenvalue weighted by Gasteiger charge is 2.28. The SMILES string of the molecule is c1ccc(-c2nc(-c3ccccc3)nc(-c3cccc4c3oc3ccc(-n5c6ccccc6c6cc7c(cc65)N(c5ccccc5)c5ccccc5O7)cc34)n2)cc1. The molecule has 0 spiro atoms. The molecule has 1 aliphatic rings. The van der Waals surface area contributed by atoms with Gasteiger partial charge in [-0.1, -0.05) is 121 Å². The summed E-state index contributed by atoms with van der Waals surface area (Å²) in [5.74, 6) is 3.40. The number of furan rings is 1. The Bertz CT molecular complexity index is 3320. The van der Waals surface area contributed by atoms with E-state index >= 15 is 0 Å². The van der Waals surface area contributed by atoms with Crippen LogP contribution in [0.1, 0.15) is 0 Å². The quantitative estimate of drug-likeness (QED) is 0.175. The zero-order valence-electron chi connectivity index (χ0n) is 31.0. The van der Waals surface area contributed by atoms with Gasteiger partial charge in [-0.25, -0.2) is 15.0 Å². The molecule has 0 unspecified atom stereocenters. The van der Waals surface area contributed by atoms with Crippen LogP contribution in [0.5, 0.6) is 11.5 Å². The van der Waals surface area contributed by atoms with Crippen molar-refractivity contribution in [2.75, 3.05) is 4.90 Å². The van der Waals surface area contributed by atoms with Crippen molar-refractivity contribution < 1.29 is 9.15 Å². The van der Waals surface area contributed by atoms with Gasteiger partial charge in [0.05, 0.1) is 28.0 Å². The summed E-state index contributed by atoms with van der Waals surface area (Å²) in [7, 11) is 0. The molecule has 272 valence electrons. The van der Waals surface area contributed by atoms with Gasteiger partial charge < -0.3 is 18.6 Å². The Morgan fingerprint density at radius 3 is 1.83 bits per heavy atom. The molecule has 58 heavy (non-hydrogen) atoms. The normalized spacial score (nSPS) is 12.2. The molecule has 0 saturated carbocycles. The molecule has 8 aromatic carbocycles. The highest BCUT2D eigenvalue weighted by atomic mass is 16.5. The van der Waals surface area contributed by atoms with E-state index in [0.29, 0.717) is 17.5 Å². The average molecular weight is 746 g/mol. The summed E-state index contributed by atoms with van der Waals surface area (Å²) in [5, 5.41) is 4.24. The van der Waals surface area contributed by atoms with Crippen LogP contribution in [0.15, 0.2) is 192 Å². The highest BCUT2D eigenvalue weighted by molar-refractivity contribution is 6.13. The summed E-state index contributed by atoms with van der Waals surface area (Å²) >= 11 is 0. The van der Waals surface area contributed by atoms with Crippen molar-refractivity contribution in [3.63, 3.8) is 0 Å². The van der Waals surface area contributed by atoms with Crippen LogP contribution in [0, 0.1) is 0 Å². The molecule has 7 nitrogen and oxygen atoms in total. The van der Waals surface area contributed by atoms with Gasteiger partial charge in [-0.2, -0.15) is 0 Å². The molecule has 0 amide bonds. The molecule has 0 atom stereocenters. The second kappa shape index (κ2) is 12.8. The molecule has 3 aromatic heterocycles.